The van der Waals surface area contributed by atoms with Crippen molar-refractivity contribution in [3.05, 3.63) is 15.8 Å². The van der Waals surface area contributed by atoms with E-state index < -0.39 is 10.0 Å². The van der Waals surface area contributed by atoms with Gasteiger partial charge in [0.05, 0.1) is 4.90 Å². The molecule has 4 nitrogen and oxygen atoms in total. The second kappa shape index (κ2) is 9.84. The summed E-state index contributed by atoms with van der Waals surface area (Å²) in [7, 11) is -3.36. The Balaban J connectivity index is 2.51. The summed E-state index contributed by atoms with van der Waals surface area (Å²) in [6.45, 7) is 6.04. The van der Waals surface area contributed by atoms with Gasteiger partial charge < -0.3 is 5.32 Å². The van der Waals surface area contributed by atoms with Crippen LogP contribution in [0.15, 0.2) is 11.0 Å². The largest absolute Gasteiger partial charge is 0.312 e. The molecule has 21 heavy (non-hydrogen) atoms. The highest BCUT2D eigenvalue weighted by atomic mass is 32.2. The first-order valence-corrected chi connectivity index (χ1v) is 11.0. The van der Waals surface area contributed by atoms with E-state index in [1.54, 1.807) is 17.4 Å². The zero-order valence-corrected chi connectivity index (χ0v) is 15.5. The number of sulfonamides is 1. The first-order valence-electron chi connectivity index (χ1n) is 7.30. The standard InChI is InChI=1S/C14H26N2O2S3/c1-4-15-11-13-10-14(12(2)20-13)21(17,18)16-8-6-5-7-9-19-3/h10,15-16H,4-9,11H2,1-3H3. The fourth-order valence-electron chi connectivity index (χ4n) is 1.96. The van der Waals surface area contributed by atoms with E-state index in [4.69, 9.17) is 0 Å². The summed E-state index contributed by atoms with van der Waals surface area (Å²) < 4.78 is 27.3. The van der Waals surface area contributed by atoms with Gasteiger partial charge in [-0.1, -0.05) is 13.3 Å². The second-order valence-electron chi connectivity index (χ2n) is 4.86. The van der Waals surface area contributed by atoms with Crippen LogP contribution in [0.25, 0.3) is 0 Å². The molecule has 0 aliphatic heterocycles. The van der Waals surface area contributed by atoms with Gasteiger partial charge in [0.1, 0.15) is 0 Å². The maximum atomic E-state index is 12.3. The molecule has 0 aromatic carbocycles. The average Bonchev–Trinajstić information content (AvgIpc) is 2.82. The van der Waals surface area contributed by atoms with E-state index >= 15 is 0 Å². The van der Waals surface area contributed by atoms with Crippen molar-refractivity contribution in [1.82, 2.24) is 10.0 Å². The molecule has 0 aliphatic carbocycles. The Morgan fingerprint density at radius 3 is 2.71 bits per heavy atom. The quantitative estimate of drug-likeness (QED) is 0.602. The average molecular weight is 351 g/mol. The fourth-order valence-corrected chi connectivity index (χ4v) is 5.13. The molecule has 1 aromatic rings. The molecule has 2 N–H and O–H groups in total. The molecule has 1 rings (SSSR count). The van der Waals surface area contributed by atoms with Crippen LogP contribution in [-0.4, -0.2) is 33.5 Å². The van der Waals surface area contributed by atoms with E-state index in [1.165, 1.54) is 0 Å². The van der Waals surface area contributed by atoms with Crippen molar-refractivity contribution in [2.24, 2.45) is 0 Å². The summed E-state index contributed by atoms with van der Waals surface area (Å²) in [6, 6.07) is 1.79. The molecule has 0 spiro atoms. The molecule has 0 aliphatic rings. The van der Waals surface area contributed by atoms with Crippen molar-refractivity contribution in [2.45, 2.75) is 44.6 Å². The van der Waals surface area contributed by atoms with Gasteiger partial charge in [-0.2, -0.15) is 11.8 Å². The van der Waals surface area contributed by atoms with Crippen LogP contribution in [0.5, 0.6) is 0 Å². The minimum atomic E-state index is -3.36. The molecule has 1 aromatic heterocycles. The van der Waals surface area contributed by atoms with E-state index in [0.717, 1.165) is 47.9 Å². The van der Waals surface area contributed by atoms with Gasteiger partial charge in [-0.3, -0.25) is 0 Å². The molecular formula is C14H26N2O2S3. The highest BCUT2D eigenvalue weighted by molar-refractivity contribution is 7.98. The zero-order valence-electron chi connectivity index (χ0n) is 13.1. The highest BCUT2D eigenvalue weighted by Crippen LogP contribution is 2.25. The second-order valence-corrected chi connectivity index (χ2v) is 8.93. The molecular weight excluding hydrogens is 324 g/mol. The first-order chi connectivity index (χ1) is 10.0. The third-order valence-corrected chi connectivity index (χ3v) is 6.54. The van der Waals surface area contributed by atoms with Crippen molar-refractivity contribution >= 4 is 33.1 Å². The molecule has 7 heteroatoms. The molecule has 0 amide bonds. The third kappa shape index (κ3) is 6.69. The number of hydrogen-bond donors (Lipinski definition) is 2. The first kappa shape index (κ1) is 19.0. The molecule has 0 bridgehead atoms. The number of rotatable bonds is 11. The van der Waals surface area contributed by atoms with Crippen molar-refractivity contribution in [1.29, 1.82) is 0 Å². The van der Waals surface area contributed by atoms with Crippen molar-refractivity contribution in [3.63, 3.8) is 0 Å². The van der Waals surface area contributed by atoms with Gasteiger partial charge in [0.25, 0.3) is 0 Å². The predicted molar refractivity (Wildman–Crippen MR) is 93.9 cm³/mol. The summed E-state index contributed by atoms with van der Waals surface area (Å²) in [6.07, 6.45) is 5.20. The third-order valence-electron chi connectivity index (χ3n) is 3.08. The molecule has 0 unspecified atom stereocenters. The number of aryl methyl sites for hydroxylation is 1. The van der Waals surface area contributed by atoms with Crippen LogP contribution in [0.4, 0.5) is 0 Å². The summed E-state index contributed by atoms with van der Waals surface area (Å²) in [5, 5.41) is 3.22. The summed E-state index contributed by atoms with van der Waals surface area (Å²) in [4.78, 5) is 2.36. The lowest BCUT2D eigenvalue weighted by molar-refractivity contribution is 0.576. The molecule has 0 saturated heterocycles. The van der Waals surface area contributed by atoms with Crippen molar-refractivity contribution in [2.75, 3.05) is 25.1 Å². The number of nitrogens with one attached hydrogen (secondary N) is 2. The minimum absolute atomic E-state index is 0.435. The minimum Gasteiger partial charge on any atom is -0.312 e. The normalized spacial score (nSPS) is 12.0. The number of thiophene rings is 1. The van der Waals surface area contributed by atoms with Crippen LogP contribution in [-0.2, 0) is 16.6 Å². The van der Waals surface area contributed by atoms with Gasteiger partial charge in [-0.15, -0.1) is 11.3 Å². The molecule has 0 saturated carbocycles. The van der Waals surface area contributed by atoms with E-state index in [9.17, 15) is 8.42 Å². The van der Waals surface area contributed by atoms with Gasteiger partial charge in [0.15, 0.2) is 0 Å². The number of hydrogen-bond acceptors (Lipinski definition) is 5. The Hall–Kier alpha value is -0.0800. The van der Waals surface area contributed by atoms with Crippen LogP contribution in [0.1, 0.15) is 35.9 Å². The van der Waals surface area contributed by atoms with E-state index in [-0.39, 0.29) is 0 Å². The Labute approximate surface area is 137 Å². The maximum Gasteiger partial charge on any atom is 0.241 e. The van der Waals surface area contributed by atoms with Gasteiger partial charge in [0, 0.05) is 22.8 Å². The van der Waals surface area contributed by atoms with Gasteiger partial charge in [0.2, 0.25) is 10.0 Å². The van der Waals surface area contributed by atoms with Crippen molar-refractivity contribution in [3.8, 4) is 0 Å². The lowest BCUT2D eigenvalue weighted by Crippen LogP contribution is -2.25. The van der Waals surface area contributed by atoms with Crippen LogP contribution in [0, 0.1) is 6.92 Å². The highest BCUT2D eigenvalue weighted by Gasteiger charge is 2.19. The topological polar surface area (TPSA) is 58.2 Å². The van der Waals surface area contributed by atoms with E-state index in [0.29, 0.717) is 11.4 Å². The Kier molecular flexibility index (Phi) is 8.89. The lowest BCUT2D eigenvalue weighted by atomic mass is 10.2. The molecule has 0 fully saturated rings. The van der Waals surface area contributed by atoms with Gasteiger partial charge >= 0.3 is 0 Å². The summed E-state index contributed by atoms with van der Waals surface area (Å²) in [5.74, 6) is 1.14. The van der Waals surface area contributed by atoms with Crippen LogP contribution < -0.4 is 10.0 Å². The monoisotopic (exact) mass is 350 g/mol. The van der Waals surface area contributed by atoms with Gasteiger partial charge in [-0.25, -0.2) is 13.1 Å². The Bertz CT molecular complexity index is 512. The molecule has 0 radical (unpaired) electrons. The van der Waals surface area contributed by atoms with Crippen molar-refractivity contribution < 1.29 is 8.42 Å². The zero-order chi connectivity index (χ0) is 15.7. The Morgan fingerprint density at radius 1 is 1.29 bits per heavy atom. The van der Waals surface area contributed by atoms with Crippen LogP contribution >= 0.6 is 23.1 Å². The summed E-state index contributed by atoms with van der Waals surface area (Å²) in [5.41, 5.74) is 0. The molecule has 122 valence electrons. The number of unbranched alkanes of at least 4 members (excludes halogenated alkanes) is 2. The fraction of sp³-hybridized carbons (Fsp3) is 0.714. The lowest BCUT2D eigenvalue weighted by Gasteiger charge is -2.06. The number of thioether (sulfide) groups is 1. The smallest absolute Gasteiger partial charge is 0.241 e. The van der Waals surface area contributed by atoms with E-state index in [2.05, 4.69) is 16.3 Å². The van der Waals surface area contributed by atoms with Crippen LogP contribution in [0.2, 0.25) is 0 Å². The predicted octanol–water partition coefficient (Wildman–Crippen LogP) is 2.98. The van der Waals surface area contributed by atoms with E-state index in [1.807, 2.05) is 25.6 Å². The molecule has 1 heterocycles. The maximum absolute atomic E-state index is 12.3. The molecule has 0 atom stereocenters. The van der Waals surface area contributed by atoms with Gasteiger partial charge in [-0.05, 0) is 44.4 Å². The van der Waals surface area contributed by atoms with Crippen LogP contribution in [0.3, 0.4) is 0 Å². The summed E-state index contributed by atoms with van der Waals surface area (Å²) >= 11 is 3.38. The Morgan fingerprint density at radius 2 is 2.05 bits per heavy atom. The SMILES string of the molecule is CCNCc1cc(S(=O)(=O)NCCCCCSC)c(C)s1.